The van der Waals surface area contributed by atoms with Crippen LogP contribution in [0.3, 0.4) is 0 Å². The van der Waals surface area contributed by atoms with E-state index >= 15 is 0 Å². The number of hydrogen-bond acceptors (Lipinski definition) is 1. The number of allylic oxidation sites excluding steroid dienone is 11. The summed E-state index contributed by atoms with van der Waals surface area (Å²) in [6, 6.07) is 50.9. The number of hydrogen-bond donors (Lipinski definition) is 0. The Morgan fingerprint density at radius 1 is 0.661 bits per heavy atom. The van der Waals surface area contributed by atoms with Crippen LogP contribution in [0, 0.1) is 6.92 Å². The van der Waals surface area contributed by atoms with Gasteiger partial charge in [-0.3, -0.25) is 4.57 Å². The molecule has 8 aromatic rings. The van der Waals surface area contributed by atoms with Gasteiger partial charge in [-0.1, -0.05) is 182 Å². The average Bonchev–Trinajstić information content (AvgIpc) is 3.43. The molecule has 0 fully saturated rings. The molecule has 2 nitrogen and oxygen atoms in total. The first-order valence-electron chi connectivity index (χ1n) is 19.4. The lowest BCUT2D eigenvalue weighted by Gasteiger charge is -2.19. The van der Waals surface area contributed by atoms with Gasteiger partial charge in [0, 0.05) is 16.8 Å². The normalized spacial score (nSPS) is 13.2. The van der Waals surface area contributed by atoms with E-state index < -0.39 is 0 Å². The predicted molar refractivity (Wildman–Crippen MR) is 241 cm³/mol. The molecule has 0 unspecified atom stereocenters. The molecule has 0 saturated heterocycles. The van der Waals surface area contributed by atoms with E-state index in [0.717, 1.165) is 51.6 Å². The monoisotopic (exact) mass is 718 g/mol. The molecule has 0 atom stereocenters. The minimum Gasteiger partial charge on any atom is -0.292 e. The zero-order valence-corrected chi connectivity index (χ0v) is 31.8. The molecular formula is C54H42N2. The zero-order chi connectivity index (χ0) is 38.0. The lowest BCUT2D eigenvalue weighted by atomic mass is 9.85. The number of rotatable bonds is 8. The van der Waals surface area contributed by atoms with Crippen LogP contribution in [-0.2, 0) is 0 Å². The highest BCUT2D eigenvalue weighted by Crippen LogP contribution is 2.45. The highest BCUT2D eigenvalue weighted by molar-refractivity contribution is 6.21. The van der Waals surface area contributed by atoms with Crippen molar-refractivity contribution in [2.75, 3.05) is 0 Å². The second kappa shape index (κ2) is 15.0. The summed E-state index contributed by atoms with van der Waals surface area (Å²) >= 11 is 0. The number of para-hydroxylation sites is 1. The van der Waals surface area contributed by atoms with Gasteiger partial charge in [-0.2, -0.15) is 0 Å². The van der Waals surface area contributed by atoms with Crippen LogP contribution in [0.1, 0.15) is 30.3 Å². The van der Waals surface area contributed by atoms with E-state index in [0.29, 0.717) is 0 Å². The molecular weight excluding hydrogens is 677 g/mol. The van der Waals surface area contributed by atoms with E-state index in [4.69, 9.17) is 4.98 Å². The first kappa shape index (κ1) is 34.7. The molecule has 1 aliphatic carbocycles. The number of benzene rings is 7. The van der Waals surface area contributed by atoms with E-state index in [2.05, 4.69) is 213 Å². The second-order valence-corrected chi connectivity index (χ2v) is 14.3. The van der Waals surface area contributed by atoms with Crippen molar-refractivity contribution >= 4 is 43.5 Å². The maximum absolute atomic E-state index is 5.56. The van der Waals surface area contributed by atoms with Gasteiger partial charge in [0.1, 0.15) is 5.82 Å². The molecule has 56 heavy (non-hydrogen) atoms. The summed E-state index contributed by atoms with van der Waals surface area (Å²) < 4.78 is 2.32. The van der Waals surface area contributed by atoms with Crippen LogP contribution < -0.4 is 0 Å². The van der Waals surface area contributed by atoms with Crippen molar-refractivity contribution in [3.63, 3.8) is 0 Å². The van der Waals surface area contributed by atoms with E-state index in [1.807, 2.05) is 6.08 Å². The Bertz CT molecular complexity index is 2910. The zero-order valence-electron chi connectivity index (χ0n) is 31.8. The van der Waals surface area contributed by atoms with Crippen molar-refractivity contribution in [3.8, 4) is 39.3 Å². The van der Waals surface area contributed by atoms with Gasteiger partial charge >= 0.3 is 0 Å². The Morgan fingerprint density at radius 2 is 1.30 bits per heavy atom. The summed E-state index contributed by atoms with van der Waals surface area (Å²) in [5, 5.41) is 7.43. The lowest BCUT2D eigenvalue weighted by Crippen LogP contribution is -2.03. The fourth-order valence-electron chi connectivity index (χ4n) is 8.27. The summed E-state index contributed by atoms with van der Waals surface area (Å²) in [5.74, 6) is 0.880. The van der Waals surface area contributed by atoms with E-state index in [-0.39, 0.29) is 0 Å². The third-order valence-corrected chi connectivity index (χ3v) is 10.7. The van der Waals surface area contributed by atoms with Gasteiger partial charge in [0.25, 0.3) is 0 Å². The van der Waals surface area contributed by atoms with Gasteiger partial charge in [-0.25, -0.2) is 4.98 Å². The van der Waals surface area contributed by atoms with E-state index in [9.17, 15) is 0 Å². The Labute approximate surface area is 329 Å². The molecule has 2 heteroatoms. The lowest BCUT2D eigenvalue weighted by molar-refractivity contribution is 1.05. The number of aryl methyl sites for hydroxylation is 1. The van der Waals surface area contributed by atoms with Crippen molar-refractivity contribution in [3.05, 3.63) is 218 Å². The Morgan fingerprint density at radius 3 is 2.00 bits per heavy atom. The highest BCUT2D eigenvalue weighted by Gasteiger charge is 2.24. The summed E-state index contributed by atoms with van der Waals surface area (Å²) in [6.45, 7) is 8.30. The molecule has 1 aliphatic rings. The fourth-order valence-corrected chi connectivity index (χ4v) is 8.27. The van der Waals surface area contributed by atoms with Crippen LogP contribution in [-0.4, -0.2) is 9.55 Å². The average molecular weight is 719 g/mol. The molecule has 1 aromatic heterocycles. The molecule has 0 radical (unpaired) electrons. The minimum absolute atomic E-state index is 0.837. The molecule has 0 N–H and O–H groups in total. The highest BCUT2D eigenvalue weighted by atomic mass is 15.1. The van der Waals surface area contributed by atoms with Gasteiger partial charge in [-0.15, -0.1) is 0 Å². The molecule has 1 heterocycles. The number of fused-ring (bicyclic) bond motifs is 3. The van der Waals surface area contributed by atoms with Crippen LogP contribution in [0.2, 0.25) is 0 Å². The van der Waals surface area contributed by atoms with E-state index in [1.165, 1.54) is 54.6 Å². The second-order valence-electron chi connectivity index (χ2n) is 14.3. The van der Waals surface area contributed by atoms with Crippen molar-refractivity contribution in [2.24, 2.45) is 0 Å². The smallest absolute Gasteiger partial charge is 0.145 e. The van der Waals surface area contributed by atoms with E-state index in [1.54, 1.807) is 0 Å². The Hall–Kier alpha value is -7.03. The first-order chi connectivity index (χ1) is 27.6. The summed E-state index contributed by atoms with van der Waals surface area (Å²) in [4.78, 5) is 5.56. The fraction of sp³-hybridized carbons (Fsp3) is 0.0556. The maximum atomic E-state index is 5.56. The Kier molecular flexibility index (Phi) is 9.31. The molecule has 0 spiro atoms. The summed E-state index contributed by atoms with van der Waals surface area (Å²) in [5.41, 5.74) is 12.3. The van der Waals surface area contributed by atoms with Crippen molar-refractivity contribution in [2.45, 2.75) is 20.3 Å². The maximum Gasteiger partial charge on any atom is 0.145 e. The molecule has 0 amide bonds. The number of imidazole rings is 1. The molecule has 0 saturated carbocycles. The largest absolute Gasteiger partial charge is 0.292 e. The van der Waals surface area contributed by atoms with Crippen molar-refractivity contribution in [1.29, 1.82) is 0 Å². The molecule has 7 aromatic carbocycles. The van der Waals surface area contributed by atoms with Gasteiger partial charge in [-0.05, 0) is 105 Å². The van der Waals surface area contributed by atoms with Crippen LogP contribution in [0.5, 0.6) is 0 Å². The van der Waals surface area contributed by atoms with Crippen LogP contribution in [0.4, 0.5) is 0 Å². The molecule has 0 bridgehead atoms. The predicted octanol–water partition coefficient (Wildman–Crippen LogP) is 14.7. The van der Waals surface area contributed by atoms with Crippen molar-refractivity contribution < 1.29 is 0 Å². The summed E-state index contributed by atoms with van der Waals surface area (Å²) in [7, 11) is 0. The van der Waals surface area contributed by atoms with Gasteiger partial charge in [0.05, 0.1) is 11.4 Å². The van der Waals surface area contributed by atoms with Gasteiger partial charge in [0.15, 0.2) is 0 Å². The van der Waals surface area contributed by atoms with Crippen LogP contribution >= 0.6 is 0 Å². The molecule has 9 rings (SSSR count). The summed E-state index contributed by atoms with van der Waals surface area (Å²) in [6.07, 6.45) is 19.8. The SMILES string of the molecule is C=C/C=C(\C=C/C)c1c(C2=CCC=CC=C2)nc(-c2cccc(-c3c4ccccc4c(-c4ccc5cc(C)ccc5c4)c4ccccc34)c2)n1-c1ccccc1. The quantitative estimate of drug-likeness (QED) is 0.113. The van der Waals surface area contributed by atoms with Crippen LogP contribution in [0.25, 0.3) is 82.8 Å². The van der Waals surface area contributed by atoms with Gasteiger partial charge < -0.3 is 0 Å². The third kappa shape index (κ3) is 6.26. The van der Waals surface area contributed by atoms with Gasteiger partial charge in [0.2, 0.25) is 0 Å². The minimum atomic E-state index is 0.837. The number of nitrogens with zero attached hydrogens (tertiary/aromatic N) is 2. The molecule has 268 valence electrons. The number of aromatic nitrogens is 2. The standard InChI is InChI=1S/C54H42N2/c1-4-18-39(19-5-2)53-52(38-20-9-6-7-10-21-38)55-54(56(53)45-24-11-8-12-25-45)44-23-17-22-42(36-44)50-46-26-13-15-28-48(46)51(49-29-16-14-27-47(49)50)43-33-32-40-34-37(3)30-31-41(40)35-43/h4-9,11-36H,1,10H2,2-3H3/b19-5-,39-18+. The third-order valence-electron chi connectivity index (χ3n) is 10.7. The van der Waals surface area contributed by atoms with Crippen molar-refractivity contribution in [1.82, 2.24) is 9.55 Å². The topological polar surface area (TPSA) is 17.8 Å². The molecule has 0 aliphatic heterocycles. The Balaban J connectivity index is 1.31. The first-order valence-corrected chi connectivity index (χ1v) is 19.4. The van der Waals surface area contributed by atoms with Crippen LogP contribution in [0.15, 0.2) is 201 Å².